The predicted molar refractivity (Wildman–Crippen MR) is 58.0 cm³/mol. The molecule has 0 aromatic carbocycles. The summed E-state index contributed by atoms with van der Waals surface area (Å²) in [5.41, 5.74) is 0. The summed E-state index contributed by atoms with van der Waals surface area (Å²) in [6.45, 7) is 0.962. The van der Waals surface area contributed by atoms with Crippen molar-refractivity contribution < 1.29 is 29.1 Å². The van der Waals surface area contributed by atoms with Crippen LogP contribution in [0.15, 0.2) is 10.6 Å². The minimum atomic E-state index is -1.21. The van der Waals surface area contributed by atoms with Crippen LogP contribution in [0.25, 0.3) is 0 Å². The third-order valence-corrected chi connectivity index (χ3v) is 2.01. The number of carbonyl (C=O) groups is 2. The summed E-state index contributed by atoms with van der Waals surface area (Å²) in [4.78, 5) is 22.1. The zero-order valence-corrected chi connectivity index (χ0v) is 9.75. The minimum absolute atomic E-state index is 0.0653. The number of carboxylic acids is 1. The molecule has 1 aromatic heterocycles. The van der Waals surface area contributed by atoms with Gasteiger partial charge in [-0.1, -0.05) is 0 Å². The fourth-order valence-electron chi connectivity index (χ4n) is 1.17. The molecule has 1 heterocycles. The molecule has 0 spiro atoms. The van der Waals surface area contributed by atoms with Crippen molar-refractivity contribution in [3.63, 3.8) is 0 Å². The molecule has 0 saturated carbocycles. The zero-order chi connectivity index (χ0) is 13.5. The SMILES string of the molecule is Cc1cc(OCC(=O)N[C@@H](CCO)C(=O)O)no1. The largest absolute Gasteiger partial charge is 0.480 e. The lowest BCUT2D eigenvalue weighted by molar-refractivity contribution is -0.142. The Bertz CT molecular complexity index is 416. The van der Waals surface area contributed by atoms with Crippen LogP contribution < -0.4 is 10.1 Å². The van der Waals surface area contributed by atoms with Crippen LogP contribution in [0, 0.1) is 6.92 Å². The lowest BCUT2D eigenvalue weighted by Gasteiger charge is -2.12. The van der Waals surface area contributed by atoms with Crippen molar-refractivity contribution in [2.45, 2.75) is 19.4 Å². The van der Waals surface area contributed by atoms with Gasteiger partial charge in [-0.3, -0.25) is 4.79 Å². The summed E-state index contributed by atoms with van der Waals surface area (Å²) in [6.07, 6.45) is -0.0653. The second-order valence-electron chi connectivity index (χ2n) is 3.54. The van der Waals surface area contributed by atoms with Crippen LogP contribution >= 0.6 is 0 Å². The number of nitrogens with zero attached hydrogens (tertiary/aromatic N) is 1. The van der Waals surface area contributed by atoms with Crippen molar-refractivity contribution in [2.75, 3.05) is 13.2 Å². The standard InChI is InChI=1S/C10H14N2O6/c1-6-4-9(12-18-6)17-5-8(14)11-7(2-3-13)10(15)16/h4,7,13H,2-3,5H2,1H3,(H,11,14)(H,15,16)/t7-/m0/s1. The maximum atomic E-state index is 11.4. The Morgan fingerprint density at radius 3 is 2.83 bits per heavy atom. The summed E-state index contributed by atoms with van der Waals surface area (Å²) in [7, 11) is 0. The molecule has 3 N–H and O–H groups in total. The first-order valence-electron chi connectivity index (χ1n) is 5.22. The first kappa shape index (κ1) is 14.0. The molecule has 100 valence electrons. The Labute approximate surface area is 103 Å². The molecule has 1 amide bonds. The zero-order valence-electron chi connectivity index (χ0n) is 9.75. The number of ether oxygens (including phenoxy) is 1. The average molecular weight is 258 g/mol. The normalized spacial score (nSPS) is 11.9. The number of carbonyl (C=O) groups excluding carboxylic acids is 1. The molecule has 1 aromatic rings. The number of nitrogens with one attached hydrogen (secondary N) is 1. The van der Waals surface area contributed by atoms with E-state index in [2.05, 4.69) is 10.5 Å². The molecule has 1 atom stereocenters. The van der Waals surface area contributed by atoms with Crippen LogP contribution in [0.3, 0.4) is 0 Å². The number of aliphatic carboxylic acids is 1. The van der Waals surface area contributed by atoms with Gasteiger partial charge in [0, 0.05) is 19.1 Å². The number of aliphatic hydroxyl groups is 1. The van der Waals surface area contributed by atoms with Crippen LogP contribution in [0.4, 0.5) is 0 Å². The van der Waals surface area contributed by atoms with Crippen molar-refractivity contribution in [3.05, 3.63) is 11.8 Å². The first-order chi connectivity index (χ1) is 8.52. The third kappa shape index (κ3) is 4.42. The molecular formula is C10H14N2O6. The highest BCUT2D eigenvalue weighted by atomic mass is 16.5. The van der Waals surface area contributed by atoms with Crippen LogP contribution in [0.2, 0.25) is 0 Å². The molecule has 18 heavy (non-hydrogen) atoms. The maximum Gasteiger partial charge on any atom is 0.326 e. The van der Waals surface area contributed by atoms with E-state index < -0.39 is 17.9 Å². The van der Waals surface area contributed by atoms with E-state index in [1.54, 1.807) is 6.92 Å². The van der Waals surface area contributed by atoms with Crippen LogP contribution in [0.5, 0.6) is 5.88 Å². The Morgan fingerprint density at radius 1 is 1.61 bits per heavy atom. The molecule has 0 unspecified atom stereocenters. The quantitative estimate of drug-likeness (QED) is 0.591. The van der Waals surface area contributed by atoms with Gasteiger partial charge < -0.3 is 24.8 Å². The van der Waals surface area contributed by atoms with Crippen LogP contribution in [0.1, 0.15) is 12.2 Å². The topological polar surface area (TPSA) is 122 Å². The lowest BCUT2D eigenvalue weighted by Crippen LogP contribution is -2.43. The molecule has 8 nitrogen and oxygen atoms in total. The lowest BCUT2D eigenvalue weighted by atomic mass is 10.2. The Morgan fingerprint density at radius 2 is 2.33 bits per heavy atom. The molecule has 0 fully saturated rings. The van der Waals surface area contributed by atoms with Gasteiger partial charge >= 0.3 is 5.97 Å². The summed E-state index contributed by atoms with van der Waals surface area (Å²) >= 11 is 0. The van der Waals surface area contributed by atoms with Gasteiger partial charge in [-0.15, -0.1) is 0 Å². The van der Waals surface area contributed by atoms with E-state index in [1.807, 2.05) is 0 Å². The molecule has 0 bridgehead atoms. The van der Waals surface area contributed by atoms with E-state index >= 15 is 0 Å². The molecule has 1 rings (SSSR count). The highest BCUT2D eigenvalue weighted by molar-refractivity contribution is 5.84. The van der Waals surface area contributed by atoms with Crippen LogP contribution in [-0.4, -0.2) is 46.5 Å². The van der Waals surface area contributed by atoms with Crippen molar-refractivity contribution in [3.8, 4) is 5.88 Å². The number of hydrogen-bond acceptors (Lipinski definition) is 6. The Kier molecular flexibility index (Phi) is 5.12. The minimum Gasteiger partial charge on any atom is -0.480 e. The van der Waals surface area contributed by atoms with Gasteiger partial charge in [-0.25, -0.2) is 4.79 Å². The van der Waals surface area contributed by atoms with Gasteiger partial charge in [-0.05, 0) is 12.1 Å². The second-order valence-corrected chi connectivity index (χ2v) is 3.54. The summed E-state index contributed by atoms with van der Waals surface area (Å²) < 4.78 is 9.70. The molecule has 0 saturated heterocycles. The van der Waals surface area contributed by atoms with Crippen LogP contribution in [-0.2, 0) is 9.59 Å². The van der Waals surface area contributed by atoms with Gasteiger partial charge in [0.1, 0.15) is 11.8 Å². The van der Waals surface area contributed by atoms with Crippen molar-refractivity contribution in [2.24, 2.45) is 0 Å². The number of amides is 1. The van der Waals surface area contributed by atoms with E-state index in [1.165, 1.54) is 6.07 Å². The smallest absolute Gasteiger partial charge is 0.326 e. The van der Waals surface area contributed by atoms with E-state index in [0.717, 1.165) is 0 Å². The Hall–Kier alpha value is -2.09. The fraction of sp³-hybridized carbons (Fsp3) is 0.500. The van der Waals surface area contributed by atoms with E-state index in [-0.39, 0.29) is 25.5 Å². The monoisotopic (exact) mass is 258 g/mol. The van der Waals surface area contributed by atoms with Crippen molar-refractivity contribution in [1.82, 2.24) is 10.5 Å². The number of rotatable bonds is 7. The van der Waals surface area contributed by atoms with Crippen molar-refractivity contribution >= 4 is 11.9 Å². The number of hydrogen-bond donors (Lipinski definition) is 3. The molecule has 0 radical (unpaired) electrons. The molecule has 0 aliphatic carbocycles. The summed E-state index contributed by atoms with van der Waals surface area (Å²) in [5.74, 6) is -1.14. The maximum absolute atomic E-state index is 11.4. The molecular weight excluding hydrogens is 244 g/mol. The van der Waals surface area contributed by atoms with Gasteiger partial charge in [0.2, 0.25) is 0 Å². The summed E-state index contributed by atoms with van der Waals surface area (Å²) in [5, 5.41) is 23.1. The number of carboxylic acid groups (broad SMARTS) is 1. The summed E-state index contributed by atoms with van der Waals surface area (Å²) in [6, 6.07) is 0.362. The fourth-order valence-corrected chi connectivity index (χ4v) is 1.17. The number of aryl methyl sites for hydroxylation is 1. The second kappa shape index (κ2) is 6.60. The molecule has 8 heteroatoms. The van der Waals surface area contributed by atoms with E-state index in [0.29, 0.717) is 5.76 Å². The molecule has 0 aliphatic rings. The van der Waals surface area contributed by atoms with E-state index in [4.69, 9.17) is 19.5 Å². The van der Waals surface area contributed by atoms with E-state index in [9.17, 15) is 9.59 Å². The average Bonchev–Trinajstić information content (AvgIpc) is 2.72. The number of aliphatic hydroxyl groups excluding tert-OH is 1. The van der Waals surface area contributed by atoms with Gasteiger partial charge in [0.15, 0.2) is 6.61 Å². The first-order valence-corrected chi connectivity index (χ1v) is 5.22. The van der Waals surface area contributed by atoms with Gasteiger partial charge in [-0.2, -0.15) is 0 Å². The highest BCUT2D eigenvalue weighted by Crippen LogP contribution is 2.09. The van der Waals surface area contributed by atoms with Crippen molar-refractivity contribution in [1.29, 1.82) is 0 Å². The molecule has 0 aliphatic heterocycles. The highest BCUT2D eigenvalue weighted by Gasteiger charge is 2.19. The Balaban J connectivity index is 2.38. The predicted octanol–water partition coefficient (Wildman–Crippen LogP) is -0.686. The third-order valence-electron chi connectivity index (χ3n) is 2.01. The number of aromatic nitrogens is 1. The van der Waals surface area contributed by atoms with Gasteiger partial charge in [0.05, 0.1) is 0 Å². The van der Waals surface area contributed by atoms with Gasteiger partial charge in [0.25, 0.3) is 11.8 Å².